The first kappa shape index (κ1) is 20.8. The lowest BCUT2D eigenvalue weighted by atomic mass is 9.75. The van der Waals surface area contributed by atoms with Crippen molar-refractivity contribution in [1.29, 1.82) is 5.26 Å². The Morgan fingerprint density at radius 3 is 2.66 bits per heavy atom. The van der Waals surface area contributed by atoms with E-state index in [1.807, 2.05) is 24.3 Å². The summed E-state index contributed by atoms with van der Waals surface area (Å²) in [5.74, 6) is 1.97. The largest absolute Gasteiger partial charge is 0.497 e. The van der Waals surface area contributed by atoms with E-state index in [-0.39, 0.29) is 5.78 Å². The molecule has 35 heavy (non-hydrogen) atoms. The molecule has 0 saturated carbocycles. The molecule has 7 nitrogen and oxygen atoms in total. The molecule has 1 fully saturated rings. The number of allylic oxidation sites excluding steroid dienone is 3. The lowest BCUT2D eigenvalue weighted by Crippen LogP contribution is -2.40. The SMILES string of the molecule is COc1ccc(C2C(C#N)=C3N=C(N)c4c(sc5c4C4CCN5CC4)N3C3=C2C(=O)CCC3)cc1. The molecule has 0 radical (unpaired) electrons. The minimum atomic E-state index is -0.451. The van der Waals surface area contributed by atoms with E-state index in [4.69, 9.17) is 15.5 Å². The first-order valence-electron chi connectivity index (χ1n) is 12.2. The molecule has 2 aromatic rings. The topological polar surface area (TPSA) is 94.9 Å². The van der Waals surface area contributed by atoms with Gasteiger partial charge in [0.1, 0.15) is 16.6 Å². The number of nitriles is 1. The molecule has 8 heteroatoms. The molecular formula is C27H25N5O2S. The van der Waals surface area contributed by atoms with Crippen LogP contribution in [0.2, 0.25) is 0 Å². The molecule has 8 rings (SSSR count). The summed E-state index contributed by atoms with van der Waals surface area (Å²) in [4.78, 5) is 22.9. The zero-order chi connectivity index (χ0) is 23.8. The summed E-state index contributed by atoms with van der Waals surface area (Å²) in [6.07, 6.45) is 4.36. The van der Waals surface area contributed by atoms with Gasteiger partial charge >= 0.3 is 0 Å². The van der Waals surface area contributed by atoms with Crippen molar-refractivity contribution in [3.05, 3.63) is 63.6 Å². The number of methoxy groups -OCH3 is 1. The number of Topliss-reactive ketones (excluding diaryl/α,β-unsaturated/α-hetero) is 1. The van der Waals surface area contributed by atoms with E-state index in [0.29, 0.717) is 29.6 Å². The van der Waals surface area contributed by atoms with Gasteiger partial charge in [-0.3, -0.25) is 9.69 Å². The average molecular weight is 484 g/mol. The number of ether oxygens (including phenoxy) is 1. The van der Waals surface area contributed by atoms with E-state index in [9.17, 15) is 10.1 Å². The van der Waals surface area contributed by atoms with Crippen LogP contribution in [0.15, 0.2) is 51.9 Å². The predicted octanol–water partition coefficient (Wildman–Crippen LogP) is 4.52. The normalized spacial score (nSPS) is 22.9. The van der Waals surface area contributed by atoms with E-state index >= 15 is 0 Å². The fourth-order valence-corrected chi connectivity index (χ4v) is 7.96. The first-order chi connectivity index (χ1) is 17.1. The summed E-state index contributed by atoms with van der Waals surface area (Å²) in [7, 11) is 1.63. The van der Waals surface area contributed by atoms with Gasteiger partial charge in [-0.15, -0.1) is 0 Å². The number of hydrogen-bond acceptors (Lipinski definition) is 8. The molecule has 2 N–H and O–H groups in total. The number of piperidine rings is 1. The molecule has 5 aliphatic heterocycles. The van der Waals surface area contributed by atoms with E-state index in [1.165, 1.54) is 10.6 Å². The smallest absolute Gasteiger partial charge is 0.161 e. The Morgan fingerprint density at radius 2 is 1.94 bits per heavy atom. The maximum Gasteiger partial charge on any atom is 0.161 e. The van der Waals surface area contributed by atoms with Gasteiger partial charge in [-0.25, -0.2) is 4.99 Å². The maximum absolute atomic E-state index is 13.4. The Morgan fingerprint density at radius 1 is 1.17 bits per heavy atom. The Hall–Kier alpha value is -3.57. The van der Waals surface area contributed by atoms with Crippen LogP contribution in [0.4, 0.5) is 10.0 Å². The molecule has 6 aliphatic rings. The number of nitrogens with zero attached hydrogens (tertiary/aromatic N) is 4. The number of thiophene rings is 1. The highest BCUT2D eigenvalue weighted by Gasteiger charge is 2.46. The van der Waals surface area contributed by atoms with Gasteiger partial charge in [0.15, 0.2) is 11.6 Å². The summed E-state index contributed by atoms with van der Waals surface area (Å²) >= 11 is 1.75. The number of nitrogens with two attached hydrogens (primary N) is 1. The van der Waals surface area contributed by atoms with Gasteiger partial charge in [0.2, 0.25) is 0 Å². The van der Waals surface area contributed by atoms with E-state index < -0.39 is 5.92 Å². The minimum Gasteiger partial charge on any atom is -0.497 e. The zero-order valence-electron chi connectivity index (χ0n) is 19.5. The van der Waals surface area contributed by atoms with Crippen molar-refractivity contribution >= 4 is 33.0 Å². The van der Waals surface area contributed by atoms with Gasteiger partial charge in [-0.05, 0) is 49.3 Å². The minimum absolute atomic E-state index is 0.119. The van der Waals surface area contributed by atoms with Crippen molar-refractivity contribution in [3.63, 3.8) is 0 Å². The van der Waals surface area contributed by atoms with E-state index in [0.717, 1.165) is 71.9 Å². The number of aliphatic imine (C=N–C) groups is 1. The summed E-state index contributed by atoms with van der Waals surface area (Å²) < 4.78 is 5.33. The Kier molecular flexibility index (Phi) is 4.43. The van der Waals surface area contributed by atoms with Crippen molar-refractivity contribution in [2.75, 3.05) is 30.0 Å². The van der Waals surface area contributed by atoms with Crippen LogP contribution >= 0.6 is 11.3 Å². The van der Waals surface area contributed by atoms with Gasteiger partial charge in [-0.2, -0.15) is 5.26 Å². The summed E-state index contributed by atoms with van der Waals surface area (Å²) in [6.45, 7) is 2.15. The Bertz CT molecular complexity index is 1420. The van der Waals surface area contributed by atoms with Crippen LogP contribution in [-0.2, 0) is 4.79 Å². The van der Waals surface area contributed by atoms with Crippen molar-refractivity contribution in [3.8, 4) is 11.8 Å². The molecule has 1 aliphatic carbocycles. The molecular weight excluding hydrogens is 458 g/mol. The highest BCUT2D eigenvalue weighted by atomic mass is 32.1. The van der Waals surface area contributed by atoms with Crippen LogP contribution in [0, 0.1) is 11.3 Å². The number of amidine groups is 1. The van der Waals surface area contributed by atoms with Gasteiger partial charge in [-0.1, -0.05) is 23.5 Å². The van der Waals surface area contributed by atoms with Gasteiger partial charge in [0.05, 0.1) is 35.2 Å². The third kappa shape index (κ3) is 2.76. The van der Waals surface area contributed by atoms with Crippen LogP contribution < -0.4 is 20.3 Å². The fraction of sp³-hybridized carbons (Fsp3) is 0.370. The Balaban J connectivity index is 1.48. The molecule has 1 saturated heterocycles. The number of benzene rings is 1. The quantitative estimate of drug-likeness (QED) is 0.675. The highest BCUT2D eigenvalue weighted by molar-refractivity contribution is 7.21. The molecule has 176 valence electrons. The summed E-state index contributed by atoms with van der Waals surface area (Å²) in [5, 5.41) is 12.7. The molecule has 6 heterocycles. The number of ketones is 1. The summed E-state index contributed by atoms with van der Waals surface area (Å²) in [5.41, 5.74) is 12.1. The lowest BCUT2D eigenvalue weighted by molar-refractivity contribution is -0.116. The Labute approximate surface area is 207 Å². The highest BCUT2D eigenvalue weighted by Crippen LogP contribution is 2.57. The molecule has 1 unspecified atom stereocenters. The standard InChI is InChI=1S/C27H25N5O2S/c1-34-16-7-5-14(6-8-16)20-17(13-28)25-30-24(29)23-21-15-9-11-31(12-10-15)26(21)35-27(23)32(25)18-3-2-4-19(33)22(18)20/h5-8,15,20H,2-4,9-12H2,1H3,(H2,29,30). The second-order valence-corrected chi connectivity index (χ2v) is 10.8. The number of fused-ring (bicyclic) bond motifs is 6. The van der Waals surface area contributed by atoms with Crippen LogP contribution in [0.25, 0.3) is 0 Å². The fourth-order valence-electron chi connectivity index (χ4n) is 6.48. The monoisotopic (exact) mass is 483 g/mol. The van der Waals surface area contributed by atoms with Crippen molar-refractivity contribution in [2.24, 2.45) is 10.7 Å². The molecule has 1 atom stereocenters. The predicted molar refractivity (Wildman–Crippen MR) is 136 cm³/mol. The van der Waals surface area contributed by atoms with Crippen molar-refractivity contribution in [2.45, 2.75) is 43.9 Å². The molecule has 2 bridgehead atoms. The zero-order valence-corrected chi connectivity index (χ0v) is 20.3. The lowest BCUT2D eigenvalue weighted by Gasteiger charge is -2.41. The third-order valence-corrected chi connectivity index (χ3v) is 9.33. The number of carbonyl (C=O) groups excluding carboxylic acids is 1. The van der Waals surface area contributed by atoms with Crippen LogP contribution in [0.5, 0.6) is 5.75 Å². The molecule has 0 amide bonds. The van der Waals surface area contributed by atoms with Crippen LogP contribution in [0.1, 0.15) is 60.6 Å². The molecule has 0 spiro atoms. The molecule has 1 aromatic heterocycles. The second-order valence-electron chi connectivity index (χ2n) is 9.79. The van der Waals surface area contributed by atoms with Gasteiger partial charge < -0.3 is 15.4 Å². The number of carbonyl (C=O) groups is 1. The maximum atomic E-state index is 13.4. The summed E-state index contributed by atoms with van der Waals surface area (Å²) in [6, 6.07) is 10.1. The van der Waals surface area contributed by atoms with E-state index in [1.54, 1.807) is 18.4 Å². The van der Waals surface area contributed by atoms with Gasteiger partial charge in [0.25, 0.3) is 0 Å². The second kappa shape index (κ2) is 7.46. The number of rotatable bonds is 2. The number of hydrogen-bond donors (Lipinski definition) is 1. The van der Waals surface area contributed by atoms with Crippen LogP contribution in [-0.4, -0.2) is 31.8 Å². The van der Waals surface area contributed by atoms with Crippen LogP contribution in [0.3, 0.4) is 0 Å². The first-order valence-corrected chi connectivity index (χ1v) is 13.0. The average Bonchev–Trinajstić information content (AvgIpc) is 3.32. The van der Waals surface area contributed by atoms with Crippen molar-refractivity contribution < 1.29 is 9.53 Å². The number of anilines is 2. The molecule has 1 aromatic carbocycles. The third-order valence-electron chi connectivity index (χ3n) is 8.08. The van der Waals surface area contributed by atoms with Crippen molar-refractivity contribution in [1.82, 2.24) is 0 Å². The van der Waals surface area contributed by atoms with Gasteiger partial charge in [0, 0.05) is 36.3 Å². The van der Waals surface area contributed by atoms with E-state index in [2.05, 4.69) is 15.9 Å².